The fourth-order valence-electron chi connectivity index (χ4n) is 3.30. The molecule has 3 N–H and O–H groups in total. The molecule has 7 nitrogen and oxygen atoms in total. The van der Waals surface area contributed by atoms with Gasteiger partial charge in [-0.05, 0) is 25.5 Å². The summed E-state index contributed by atoms with van der Waals surface area (Å²) < 4.78 is 16.5. The Hall–Kier alpha value is -1.51. The number of aliphatic hydroxyl groups excluding tert-OH is 3. The van der Waals surface area contributed by atoms with E-state index in [-0.39, 0.29) is 0 Å². The molecule has 1 fully saturated rings. The molecule has 0 unspecified atom stereocenters. The van der Waals surface area contributed by atoms with E-state index in [1.807, 2.05) is 6.92 Å². The maximum atomic E-state index is 12.4. The van der Waals surface area contributed by atoms with Crippen LogP contribution in [0.3, 0.4) is 0 Å². The van der Waals surface area contributed by atoms with Crippen molar-refractivity contribution in [2.45, 2.75) is 83.1 Å². The second-order valence-electron chi connectivity index (χ2n) is 7.58. The molecular weight excluding hydrogens is 376 g/mol. The van der Waals surface area contributed by atoms with Crippen molar-refractivity contribution in [2.24, 2.45) is 0 Å². The van der Waals surface area contributed by atoms with E-state index in [1.54, 1.807) is 24.3 Å². The van der Waals surface area contributed by atoms with Crippen LogP contribution in [0.25, 0.3) is 0 Å². The van der Waals surface area contributed by atoms with E-state index < -0.39 is 43.3 Å². The number of esters is 1. The topological polar surface area (TPSA) is 105 Å². The van der Waals surface area contributed by atoms with Gasteiger partial charge in [0.2, 0.25) is 0 Å². The van der Waals surface area contributed by atoms with Gasteiger partial charge >= 0.3 is 5.97 Å². The number of hydrogen-bond donors (Lipinski definition) is 3. The fourth-order valence-corrected chi connectivity index (χ4v) is 3.30. The number of carbonyl (C=O) groups is 1. The van der Waals surface area contributed by atoms with Crippen molar-refractivity contribution in [2.75, 3.05) is 13.2 Å². The number of benzene rings is 1. The molecule has 5 atom stereocenters. The number of unbranched alkanes of at least 4 members (excludes halogenated alkanes) is 5. The Kier molecular flexibility index (Phi) is 10.0. The van der Waals surface area contributed by atoms with Crippen LogP contribution in [0.5, 0.6) is 0 Å². The first-order chi connectivity index (χ1) is 14.0. The van der Waals surface area contributed by atoms with Crippen LogP contribution < -0.4 is 0 Å². The minimum absolute atomic E-state index is 0.315. The van der Waals surface area contributed by atoms with E-state index in [9.17, 15) is 20.1 Å². The van der Waals surface area contributed by atoms with Crippen LogP contribution in [0.2, 0.25) is 0 Å². The predicted molar refractivity (Wildman–Crippen MR) is 107 cm³/mol. The Balaban J connectivity index is 1.86. The lowest BCUT2D eigenvalue weighted by molar-refractivity contribution is -0.300. The van der Waals surface area contributed by atoms with Gasteiger partial charge < -0.3 is 29.5 Å². The zero-order valence-corrected chi connectivity index (χ0v) is 17.3. The summed E-state index contributed by atoms with van der Waals surface area (Å²) in [5.41, 5.74) is 1.31. The molecule has 0 aliphatic carbocycles. The normalized spacial score (nSPS) is 27.0. The third kappa shape index (κ3) is 7.04. The van der Waals surface area contributed by atoms with Crippen molar-refractivity contribution in [1.82, 2.24) is 0 Å². The van der Waals surface area contributed by atoms with Crippen LogP contribution in [0.4, 0.5) is 0 Å². The number of aryl methyl sites for hydroxylation is 1. The Morgan fingerprint density at radius 2 is 1.69 bits per heavy atom. The van der Waals surface area contributed by atoms with Gasteiger partial charge in [0.1, 0.15) is 18.3 Å². The average molecular weight is 411 g/mol. The molecule has 1 aromatic rings. The van der Waals surface area contributed by atoms with Crippen molar-refractivity contribution in [3.63, 3.8) is 0 Å². The summed E-state index contributed by atoms with van der Waals surface area (Å²) in [6.07, 6.45) is 0.504. The maximum Gasteiger partial charge on any atom is 0.338 e. The molecule has 1 aromatic carbocycles. The van der Waals surface area contributed by atoms with Gasteiger partial charge in [-0.1, -0.05) is 56.7 Å². The number of ether oxygens (including phenoxy) is 3. The zero-order valence-electron chi connectivity index (χ0n) is 17.3. The smallest absolute Gasteiger partial charge is 0.338 e. The second kappa shape index (κ2) is 12.2. The van der Waals surface area contributed by atoms with Crippen LogP contribution in [0.15, 0.2) is 24.3 Å². The van der Waals surface area contributed by atoms with Gasteiger partial charge in [0.05, 0.1) is 12.2 Å². The summed E-state index contributed by atoms with van der Waals surface area (Å²) in [5, 5.41) is 30.4. The lowest BCUT2D eigenvalue weighted by Crippen LogP contribution is -2.60. The van der Waals surface area contributed by atoms with Crippen LogP contribution >= 0.6 is 0 Å². The standard InChI is InChI=1S/C22H34O7/c1-3-4-5-6-7-8-13-27-22-19(25)18(24)20(17(14-23)28-22)29-21(26)16-11-9-15(2)10-12-16/h9-12,17-20,22-25H,3-8,13-14H2,1-2H3/t17-,18-,19-,20-,22-/m1/s1. The maximum absolute atomic E-state index is 12.4. The fraction of sp³-hybridized carbons (Fsp3) is 0.682. The lowest BCUT2D eigenvalue weighted by atomic mass is 9.99. The van der Waals surface area contributed by atoms with Gasteiger partial charge in [0, 0.05) is 6.61 Å². The Labute approximate surface area is 172 Å². The predicted octanol–water partition coefficient (Wildman–Crippen LogP) is 2.34. The number of carbonyl (C=O) groups excluding carboxylic acids is 1. The second-order valence-corrected chi connectivity index (χ2v) is 7.58. The summed E-state index contributed by atoms with van der Waals surface area (Å²) in [6, 6.07) is 6.78. The quantitative estimate of drug-likeness (QED) is 0.380. The van der Waals surface area contributed by atoms with E-state index >= 15 is 0 Å². The molecule has 2 rings (SSSR count). The van der Waals surface area contributed by atoms with E-state index in [0.717, 1.165) is 24.8 Å². The third-order valence-electron chi connectivity index (χ3n) is 5.13. The van der Waals surface area contributed by atoms with Crippen LogP contribution in [0, 0.1) is 6.92 Å². The molecule has 0 radical (unpaired) electrons. The summed E-state index contributed by atoms with van der Waals surface area (Å²) in [7, 11) is 0. The highest BCUT2D eigenvalue weighted by molar-refractivity contribution is 5.89. The molecule has 1 saturated heterocycles. The Morgan fingerprint density at radius 3 is 2.34 bits per heavy atom. The molecule has 0 bridgehead atoms. The van der Waals surface area contributed by atoms with Crippen molar-refractivity contribution in [3.8, 4) is 0 Å². The molecule has 0 spiro atoms. The highest BCUT2D eigenvalue weighted by Crippen LogP contribution is 2.25. The molecular formula is C22H34O7. The van der Waals surface area contributed by atoms with Gasteiger partial charge in [-0.2, -0.15) is 0 Å². The van der Waals surface area contributed by atoms with Crippen molar-refractivity contribution in [1.29, 1.82) is 0 Å². The molecule has 1 aliphatic heterocycles. The number of rotatable bonds is 11. The van der Waals surface area contributed by atoms with Crippen LogP contribution in [0.1, 0.15) is 61.4 Å². The summed E-state index contributed by atoms with van der Waals surface area (Å²) in [6.45, 7) is 3.97. The highest BCUT2D eigenvalue weighted by Gasteiger charge is 2.47. The minimum Gasteiger partial charge on any atom is -0.453 e. The molecule has 7 heteroatoms. The zero-order chi connectivity index (χ0) is 21.2. The monoisotopic (exact) mass is 410 g/mol. The molecule has 0 amide bonds. The largest absolute Gasteiger partial charge is 0.453 e. The first-order valence-electron chi connectivity index (χ1n) is 10.5. The molecule has 0 saturated carbocycles. The molecule has 164 valence electrons. The van der Waals surface area contributed by atoms with Crippen LogP contribution in [-0.4, -0.2) is 65.2 Å². The molecule has 29 heavy (non-hydrogen) atoms. The van der Waals surface area contributed by atoms with E-state index in [1.165, 1.54) is 19.3 Å². The lowest BCUT2D eigenvalue weighted by Gasteiger charge is -2.41. The summed E-state index contributed by atoms with van der Waals surface area (Å²) in [4.78, 5) is 12.4. The number of aliphatic hydroxyl groups is 3. The summed E-state index contributed by atoms with van der Waals surface area (Å²) >= 11 is 0. The summed E-state index contributed by atoms with van der Waals surface area (Å²) in [5.74, 6) is -0.658. The van der Waals surface area contributed by atoms with Gasteiger partial charge in [0.15, 0.2) is 12.4 Å². The van der Waals surface area contributed by atoms with Gasteiger partial charge in [-0.15, -0.1) is 0 Å². The molecule has 0 aromatic heterocycles. The van der Waals surface area contributed by atoms with Gasteiger partial charge in [0.25, 0.3) is 0 Å². The van der Waals surface area contributed by atoms with E-state index in [4.69, 9.17) is 14.2 Å². The van der Waals surface area contributed by atoms with E-state index in [0.29, 0.717) is 12.2 Å². The first kappa shape index (κ1) is 23.8. The number of hydrogen-bond acceptors (Lipinski definition) is 7. The van der Waals surface area contributed by atoms with Crippen molar-refractivity contribution >= 4 is 5.97 Å². The molecule has 1 heterocycles. The van der Waals surface area contributed by atoms with Gasteiger partial charge in [-0.3, -0.25) is 0 Å². The Morgan fingerprint density at radius 1 is 1.03 bits per heavy atom. The van der Waals surface area contributed by atoms with Crippen molar-refractivity contribution in [3.05, 3.63) is 35.4 Å². The van der Waals surface area contributed by atoms with E-state index in [2.05, 4.69) is 6.92 Å². The first-order valence-corrected chi connectivity index (χ1v) is 10.5. The Bertz CT molecular complexity index is 602. The third-order valence-corrected chi connectivity index (χ3v) is 5.13. The minimum atomic E-state index is -1.43. The van der Waals surface area contributed by atoms with Crippen molar-refractivity contribution < 1.29 is 34.3 Å². The van der Waals surface area contributed by atoms with Crippen LogP contribution in [-0.2, 0) is 14.2 Å². The van der Waals surface area contributed by atoms with Gasteiger partial charge in [-0.25, -0.2) is 4.79 Å². The SMILES string of the molecule is CCCCCCCCO[C@@H]1O[C@H](CO)[C@@H](OC(=O)c2ccc(C)cc2)[C@H](O)[C@H]1O. The molecule has 1 aliphatic rings. The highest BCUT2D eigenvalue weighted by atomic mass is 16.7. The average Bonchev–Trinajstić information content (AvgIpc) is 2.72.